The van der Waals surface area contributed by atoms with E-state index in [1.54, 1.807) is 11.0 Å². The highest BCUT2D eigenvalue weighted by Crippen LogP contribution is 2.35. The lowest BCUT2D eigenvalue weighted by molar-refractivity contribution is 0.646. The quantitative estimate of drug-likeness (QED) is 0.543. The molecule has 5 rings (SSSR count). The van der Waals surface area contributed by atoms with Gasteiger partial charge in [-0.2, -0.15) is 5.10 Å². The van der Waals surface area contributed by atoms with Crippen molar-refractivity contribution >= 4 is 22.1 Å². The molecule has 26 heavy (non-hydrogen) atoms. The molecule has 0 fully saturated rings. The summed E-state index contributed by atoms with van der Waals surface area (Å²) in [5.74, 6) is 0. The molecule has 0 saturated carbocycles. The third-order valence-electron chi connectivity index (χ3n) is 4.57. The Hall–Kier alpha value is -3.55. The minimum absolute atomic E-state index is 0.776. The molecule has 4 aromatic heterocycles. The lowest BCUT2D eigenvalue weighted by atomic mass is 10.0. The van der Waals surface area contributed by atoms with Gasteiger partial charge in [0.2, 0.25) is 0 Å². The fraction of sp³-hybridized carbons (Fsp3) is 0.167. The third-order valence-corrected chi connectivity index (χ3v) is 4.57. The van der Waals surface area contributed by atoms with Crippen LogP contribution in [0, 0.1) is 0 Å². The number of nitrogens with one attached hydrogen (secondary N) is 1. The van der Waals surface area contributed by atoms with Crippen molar-refractivity contribution in [2.24, 2.45) is 7.05 Å². The summed E-state index contributed by atoms with van der Waals surface area (Å²) in [4.78, 5) is 12.2. The fourth-order valence-corrected chi connectivity index (χ4v) is 3.32. The molecule has 0 saturated heterocycles. The predicted octanol–water partition coefficient (Wildman–Crippen LogP) is 2.79. The van der Waals surface area contributed by atoms with E-state index in [1.807, 2.05) is 36.4 Å². The summed E-state index contributed by atoms with van der Waals surface area (Å²) in [7, 11) is 1.90. The van der Waals surface area contributed by atoms with Gasteiger partial charge < -0.3 is 4.98 Å². The number of rotatable bonds is 3. The summed E-state index contributed by atoms with van der Waals surface area (Å²) in [6, 6.07) is 6.16. The number of hydrogen-bond acceptors (Lipinski definition) is 5. The van der Waals surface area contributed by atoms with Gasteiger partial charge in [-0.05, 0) is 24.6 Å². The van der Waals surface area contributed by atoms with Crippen LogP contribution in [0.15, 0.2) is 43.1 Å². The number of benzene rings is 1. The van der Waals surface area contributed by atoms with Gasteiger partial charge in [0.25, 0.3) is 0 Å². The lowest BCUT2D eigenvalue weighted by Crippen LogP contribution is -1.95. The second-order valence-electron chi connectivity index (χ2n) is 6.16. The number of aryl methyl sites for hydroxylation is 2. The average Bonchev–Trinajstić information content (AvgIpc) is 3.38. The summed E-state index contributed by atoms with van der Waals surface area (Å²) in [6.45, 7) is 2.83. The molecular weight excluding hydrogens is 328 g/mol. The highest BCUT2D eigenvalue weighted by Gasteiger charge is 2.16. The number of H-pyrrole nitrogens is 1. The summed E-state index contributed by atoms with van der Waals surface area (Å²) < 4.78 is 3.67. The molecule has 0 aliphatic carbocycles. The van der Waals surface area contributed by atoms with Crippen LogP contribution in [0.5, 0.6) is 0 Å². The van der Waals surface area contributed by atoms with Crippen LogP contribution in [0.3, 0.4) is 0 Å². The molecule has 0 spiro atoms. The van der Waals surface area contributed by atoms with E-state index < -0.39 is 0 Å². The minimum atomic E-state index is 0.776. The average molecular weight is 344 g/mol. The first-order valence-corrected chi connectivity index (χ1v) is 8.39. The molecule has 0 unspecified atom stereocenters. The van der Waals surface area contributed by atoms with Gasteiger partial charge in [-0.25, -0.2) is 14.6 Å². The van der Waals surface area contributed by atoms with E-state index in [2.05, 4.69) is 49.4 Å². The maximum absolute atomic E-state index is 4.52. The predicted molar refractivity (Wildman–Crippen MR) is 98.3 cm³/mol. The van der Waals surface area contributed by atoms with Crippen LogP contribution in [0.25, 0.3) is 44.5 Å². The van der Waals surface area contributed by atoms with Crippen molar-refractivity contribution < 1.29 is 0 Å². The topological polar surface area (TPSA) is 90.1 Å². The van der Waals surface area contributed by atoms with Crippen molar-refractivity contribution in [3.8, 4) is 22.4 Å². The van der Waals surface area contributed by atoms with E-state index in [1.165, 1.54) is 0 Å². The van der Waals surface area contributed by atoms with Crippen molar-refractivity contribution in [2.75, 3.05) is 0 Å². The maximum atomic E-state index is 4.52. The summed E-state index contributed by atoms with van der Waals surface area (Å²) in [6.07, 6.45) is 7.32. The van der Waals surface area contributed by atoms with Crippen LogP contribution in [0.1, 0.15) is 6.92 Å². The molecule has 8 heteroatoms. The molecule has 1 N–H and O–H groups in total. The first kappa shape index (κ1) is 14.8. The Morgan fingerprint density at radius 1 is 1.15 bits per heavy atom. The van der Waals surface area contributed by atoms with Gasteiger partial charge in [0.05, 0.1) is 22.8 Å². The largest absolute Gasteiger partial charge is 0.345 e. The van der Waals surface area contributed by atoms with Crippen molar-refractivity contribution in [3.05, 3.63) is 43.1 Å². The smallest absolute Gasteiger partial charge is 0.141 e. The van der Waals surface area contributed by atoms with E-state index in [9.17, 15) is 0 Å². The highest BCUT2D eigenvalue weighted by molar-refractivity contribution is 6.03. The van der Waals surface area contributed by atoms with Crippen LogP contribution >= 0.6 is 0 Å². The maximum Gasteiger partial charge on any atom is 0.141 e. The van der Waals surface area contributed by atoms with E-state index in [4.69, 9.17) is 0 Å². The number of nitrogens with zero attached hydrogens (tertiary/aromatic N) is 7. The minimum Gasteiger partial charge on any atom is -0.345 e. The van der Waals surface area contributed by atoms with E-state index >= 15 is 0 Å². The molecule has 128 valence electrons. The van der Waals surface area contributed by atoms with E-state index in [0.29, 0.717) is 0 Å². The number of aromatic amines is 1. The monoisotopic (exact) mass is 344 g/mol. The third kappa shape index (κ3) is 2.12. The first-order valence-electron chi connectivity index (χ1n) is 8.39. The zero-order chi connectivity index (χ0) is 17.7. The lowest BCUT2D eigenvalue weighted by Gasteiger charge is -2.04. The highest BCUT2D eigenvalue weighted by atomic mass is 15.4. The fourth-order valence-electron chi connectivity index (χ4n) is 3.32. The van der Waals surface area contributed by atoms with E-state index in [0.717, 1.165) is 51.0 Å². The van der Waals surface area contributed by atoms with Crippen molar-refractivity contribution in [1.29, 1.82) is 0 Å². The van der Waals surface area contributed by atoms with Crippen LogP contribution in [-0.4, -0.2) is 39.7 Å². The van der Waals surface area contributed by atoms with Crippen LogP contribution in [-0.2, 0) is 13.6 Å². The standard InChI is InChI=1S/C18H16N8/c1-3-26-15-6-11(4-5-14(15)23-24-26)13-8-19-18-16(13)17(20-10-21-18)12-7-22-25(2)9-12/h4-10H,3H2,1-2H3,(H,19,20,21). The Morgan fingerprint density at radius 2 is 2.08 bits per heavy atom. The van der Waals surface area contributed by atoms with Gasteiger partial charge in [-0.1, -0.05) is 11.3 Å². The van der Waals surface area contributed by atoms with Crippen LogP contribution < -0.4 is 0 Å². The van der Waals surface area contributed by atoms with Gasteiger partial charge in [-0.3, -0.25) is 4.68 Å². The zero-order valence-electron chi connectivity index (χ0n) is 14.4. The second-order valence-corrected chi connectivity index (χ2v) is 6.16. The molecule has 1 aromatic carbocycles. The number of hydrogen-bond donors (Lipinski definition) is 1. The molecule has 0 radical (unpaired) electrons. The number of fused-ring (bicyclic) bond motifs is 2. The molecule has 0 bridgehead atoms. The molecule has 5 aromatic rings. The van der Waals surface area contributed by atoms with Gasteiger partial charge in [0, 0.05) is 37.1 Å². The van der Waals surface area contributed by atoms with Crippen molar-refractivity contribution in [1.82, 2.24) is 39.7 Å². The molecule has 0 aliphatic heterocycles. The summed E-state index contributed by atoms with van der Waals surface area (Å²) >= 11 is 0. The SMILES string of the molecule is CCn1nnc2ccc(-c3c[nH]c4ncnc(-c5cnn(C)c5)c34)cc21. The van der Waals surface area contributed by atoms with Crippen molar-refractivity contribution in [3.63, 3.8) is 0 Å². The Bertz CT molecular complexity index is 1240. The second kappa shape index (κ2) is 5.48. The molecular formula is C18H16N8. The van der Waals surface area contributed by atoms with Gasteiger partial charge in [-0.15, -0.1) is 5.10 Å². The first-order chi connectivity index (χ1) is 12.7. The van der Waals surface area contributed by atoms with Gasteiger partial charge in [0.15, 0.2) is 0 Å². The van der Waals surface area contributed by atoms with Gasteiger partial charge >= 0.3 is 0 Å². The van der Waals surface area contributed by atoms with Gasteiger partial charge in [0.1, 0.15) is 17.5 Å². The zero-order valence-corrected chi connectivity index (χ0v) is 14.4. The Balaban J connectivity index is 1.77. The Kier molecular flexibility index (Phi) is 3.11. The number of aromatic nitrogens is 8. The molecule has 4 heterocycles. The molecule has 0 atom stereocenters. The summed E-state index contributed by atoms with van der Waals surface area (Å²) in [5, 5.41) is 13.7. The normalized spacial score (nSPS) is 11.6. The van der Waals surface area contributed by atoms with Crippen molar-refractivity contribution in [2.45, 2.75) is 13.5 Å². The van der Waals surface area contributed by atoms with E-state index in [-0.39, 0.29) is 0 Å². The molecule has 0 amide bonds. The molecule has 8 nitrogen and oxygen atoms in total. The van der Waals surface area contributed by atoms with Crippen LogP contribution in [0.2, 0.25) is 0 Å². The van der Waals surface area contributed by atoms with Crippen LogP contribution in [0.4, 0.5) is 0 Å². The summed E-state index contributed by atoms with van der Waals surface area (Å²) in [5.41, 5.74) is 6.64. The molecule has 0 aliphatic rings. The Labute approximate surface area is 148 Å². The Morgan fingerprint density at radius 3 is 2.88 bits per heavy atom.